The van der Waals surface area contributed by atoms with Crippen molar-refractivity contribution >= 4 is 22.4 Å². The van der Waals surface area contributed by atoms with Crippen molar-refractivity contribution < 1.29 is 4.79 Å². The fourth-order valence-corrected chi connectivity index (χ4v) is 2.24. The number of aryl methyl sites for hydroxylation is 1. The van der Waals surface area contributed by atoms with Crippen LogP contribution < -0.4 is 10.6 Å². The number of amides is 1. The minimum absolute atomic E-state index is 0.160. The first-order valence-corrected chi connectivity index (χ1v) is 6.94. The Morgan fingerprint density at radius 2 is 2.05 bits per heavy atom. The van der Waals surface area contributed by atoms with Crippen molar-refractivity contribution in [3.05, 3.63) is 40.9 Å². The highest BCUT2D eigenvalue weighted by Gasteiger charge is 2.11. The van der Waals surface area contributed by atoms with E-state index < -0.39 is 0 Å². The number of carbonyl (C=O) groups excluding carboxylic acids is 1. The second kappa shape index (κ2) is 6.84. The first-order chi connectivity index (χ1) is 9.29. The summed E-state index contributed by atoms with van der Waals surface area (Å²) in [6.07, 6.45) is 1.87. The summed E-state index contributed by atoms with van der Waals surface area (Å²) in [5.41, 5.74) is 1.28. The summed E-state index contributed by atoms with van der Waals surface area (Å²) in [5, 5.41) is 14.4. The minimum Gasteiger partial charge on any atom is -0.363 e. The topological polar surface area (TPSA) is 66.9 Å². The average molecular weight is 276 g/mol. The van der Waals surface area contributed by atoms with Gasteiger partial charge in [-0.2, -0.15) is 0 Å². The maximum absolute atomic E-state index is 11.8. The quantitative estimate of drug-likeness (QED) is 0.791. The molecule has 0 atom stereocenters. The Balaban J connectivity index is 1.72. The SMILES string of the molecule is CNc1nnc(C(=O)NCCCc2ccccc2)s1. The number of rotatable bonds is 6. The van der Waals surface area contributed by atoms with E-state index in [0.717, 1.165) is 12.8 Å². The van der Waals surface area contributed by atoms with Crippen molar-refractivity contribution in [3.63, 3.8) is 0 Å². The van der Waals surface area contributed by atoms with E-state index in [2.05, 4.69) is 33.0 Å². The van der Waals surface area contributed by atoms with Gasteiger partial charge in [-0.1, -0.05) is 41.7 Å². The molecule has 0 bridgehead atoms. The van der Waals surface area contributed by atoms with Crippen molar-refractivity contribution in [2.75, 3.05) is 18.9 Å². The maximum atomic E-state index is 11.8. The van der Waals surface area contributed by atoms with E-state index in [-0.39, 0.29) is 5.91 Å². The lowest BCUT2D eigenvalue weighted by atomic mass is 10.1. The first kappa shape index (κ1) is 13.5. The average Bonchev–Trinajstić information content (AvgIpc) is 2.93. The van der Waals surface area contributed by atoms with Gasteiger partial charge in [0.25, 0.3) is 5.91 Å². The molecule has 0 radical (unpaired) electrons. The van der Waals surface area contributed by atoms with Crippen molar-refractivity contribution in [1.82, 2.24) is 15.5 Å². The van der Waals surface area contributed by atoms with Gasteiger partial charge in [-0.3, -0.25) is 4.79 Å². The summed E-state index contributed by atoms with van der Waals surface area (Å²) in [6.45, 7) is 0.641. The van der Waals surface area contributed by atoms with Crippen molar-refractivity contribution in [1.29, 1.82) is 0 Å². The molecule has 0 fully saturated rings. The molecule has 19 heavy (non-hydrogen) atoms. The Hall–Kier alpha value is -1.95. The molecule has 1 aromatic heterocycles. The molecule has 0 unspecified atom stereocenters. The minimum atomic E-state index is -0.160. The molecule has 2 aromatic rings. The van der Waals surface area contributed by atoms with Gasteiger partial charge in [0.05, 0.1) is 0 Å². The van der Waals surface area contributed by atoms with Gasteiger partial charge in [0.1, 0.15) is 0 Å². The number of nitrogens with zero attached hydrogens (tertiary/aromatic N) is 2. The molecule has 1 heterocycles. The fourth-order valence-electron chi connectivity index (χ4n) is 1.63. The maximum Gasteiger partial charge on any atom is 0.282 e. The van der Waals surface area contributed by atoms with Gasteiger partial charge in [0.15, 0.2) is 0 Å². The second-order valence-corrected chi connectivity index (χ2v) is 4.98. The fraction of sp³-hybridized carbons (Fsp3) is 0.308. The molecular formula is C13H16N4OS. The van der Waals surface area contributed by atoms with Crippen LogP contribution in [0.4, 0.5) is 5.13 Å². The molecule has 100 valence electrons. The summed E-state index contributed by atoms with van der Waals surface area (Å²) in [4.78, 5) is 11.8. The molecule has 2 rings (SSSR count). The van der Waals surface area contributed by atoms with Crippen LogP contribution in [0.5, 0.6) is 0 Å². The van der Waals surface area contributed by atoms with Gasteiger partial charge >= 0.3 is 0 Å². The van der Waals surface area contributed by atoms with Crippen molar-refractivity contribution in [2.24, 2.45) is 0 Å². The number of carbonyl (C=O) groups is 1. The Morgan fingerprint density at radius 1 is 1.26 bits per heavy atom. The van der Waals surface area contributed by atoms with Crippen LogP contribution in [0.15, 0.2) is 30.3 Å². The van der Waals surface area contributed by atoms with Crippen molar-refractivity contribution in [2.45, 2.75) is 12.8 Å². The lowest BCUT2D eigenvalue weighted by Crippen LogP contribution is -2.24. The highest BCUT2D eigenvalue weighted by atomic mass is 32.1. The number of hydrogen-bond donors (Lipinski definition) is 2. The molecule has 0 aliphatic carbocycles. The molecule has 1 aromatic carbocycles. The van der Waals surface area contributed by atoms with Crippen LogP contribution in [0.1, 0.15) is 21.8 Å². The molecule has 5 nitrogen and oxygen atoms in total. The predicted molar refractivity (Wildman–Crippen MR) is 76.6 cm³/mol. The number of hydrogen-bond acceptors (Lipinski definition) is 5. The highest BCUT2D eigenvalue weighted by Crippen LogP contribution is 2.13. The number of nitrogens with one attached hydrogen (secondary N) is 2. The Labute approximate surface area is 116 Å². The van der Waals surface area contributed by atoms with Crippen LogP contribution in [-0.4, -0.2) is 29.7 Å². The third-order valence-corrected chi connectivity index (χ3v) is 3.54. The Morgan fingerprint density at radius 3 is 2.74 bits per heavy atom. The Kier molecular flexibility index (Phi) is 4.85. The molecule has 0 saturated heterocycles. The van der Waals surface area contributed by atoms with E-state index in [1.165, 1.54) is 16.9 Å². The van der Waals surface area contributed by atoms with Gasteiger partial charge in [-0.05, 0) is 18.4 Å². The second-order valence-electron chi connectivity index (χ2n) is 4.01. The van der Waals surface area contributed by atoms with Crippen LogP contribution in [0.3, 0.4) is 0 Å². The smallest absolute Gasteiger partial charge is 0.282 e. The first-order valence-electron chi connectivity index (χ1n) is 6.13. The van der Waals surface area contributed by atoms with Crippen LogP contribution in [0, 0.1) is 0 Å². The van der Waals surface area contributed by atoms with Gasteiger partial charge in [-0.15, -0.1) is 10.2 Å². The van der Waals surface area contributed by atoms with E-state index in [1.54, 1.807) is 7.05 Å². The van der Waals surface area contributed by atoms with Crippen LogP contribution in [-0.2, 0) is 6.42 Å². The monoisotopic (exact) mass is 276 g/mol. The van der Waals surface area contributed by atoms with E-state index in [9.17, 15) is 4.79 Å². The van der Waals surface area contributed by atoms with E-state index in [4.69, 9.17) is 0 Å². The molecule has 2 N–H and O–H groups in total. The normalized spacial score (nSPS) is 10.2. The van der Waals surface area contributed by atoms with Crippen LogP contribution >= 0.6 is 11.3 Å². The third-order valence-electron chi connectivity index (χ3n) is 2.60. The summed E-state index contributed by atoms with van der Waals surface area (Å²) in [6, 6.07) is 10.2. The molecule has 0 spiro atoms. The molecular weight excluding hydrogens is 260 g/mol. The number of benzene rings is 1. The standard InChI is InChI=1S/C13H16N4OS/c1-14-13-17-16-12(19-13)11(18)15-9-5-8-10-6-3-2-4-7-10/h2-4,6-7H,5,8-9H2,1H3,(H,14,17)(H,15,18). The van der Waals surface area contributed by atoms with Gasteiger partial charge in [0, 0.05) is 13.6 Å². The molecule has 0 aliphatic rings. The highest BCUT2D eigenvalue weighted by molar-refractivity contribution is 7.17. The third kappa shape index (κ3) is 4.03. The summed E-state index contributed by atoms with van der Waals surface area (Å²) < 4.78 is 0. The molecule has 0 aliphatic heterocycles. The van der Waals surface area contributed by atoms with Crippen LogP contribution in [0.25, 0.3) is 0 Å². The predicted octanol–water partition coefficient (Wildman–Crippen LogP) is 1.94. The summed E-state index contributed by atoms with van der Waals surface area (Å²) in [7, 11) is 1.75. The number of anilines is 1. The summed E-state index contributed by atoms with van der Waals surface area (Å²) >= 11 is 1.25. The zero-order valence-corrected chi connectivity index (χ0v) is 11.5. The van der Waals surface area contributed by atoms with Gasteiger partial charge in [0.2, 0.25) is 10.1 Å². The molecule has 6 heteroatoms. The largest absolute Gasteiger partial charge is 0.363 e. The van der Waals surface area contributed by atoms with E-state index in [1.807, 2.05) is 18.2 Å². The summed E-state index contributed by atoms with van der Waals surface area (Å²) in [5.74, 6) is -0.160. The van der Waals surface area contributed by atoms with Gasteiger partial charge in [-0.25, -0.2) is 0 Å². The van der Waals surface area contributed by atoms with E-state index >= 15 is 0 Å². The van der Waals surface area contributed by atoms with Crippen LogP contribution in [0.2, 0.25) is 0 Å². The lowest BCUT2D eigenvalue weighted by molar-refractivity contribution is 0.0952. The molecule has 0 saturated carbocycles. The molecule has 1 amide bonds. The van der Waals surface area contributed by atoms with E-state index in [0.29, 0.717) is 16.7 Å². The van der Waals surface area contributed by atoms with Crippen molar-refractivity contribution in [3.8, 4) is 0 Å². The lowest BCUT2D eigenvalue weighted by Gasteiger charge is -2.03. The Bertz CT molecular complexity index is 526. The zero-order chi connectivity index (χ0) is 13.5. The number of aromatic nitrogens is 2. The van der Waals surface area contributed by atoms with Gasteiger partial charge < -0.3 is 10.6 Å². The zero-order valence-electron chi connectivity index (χ0n) is 10.7.